The standard InChI is InChI=1S/C19H33N3O4/c23-17(14-21-9-5-2-6-16(21)18(24)25)20-15-19(7-3-1-4-8-19)22-10-12-26-13-11-22/h16H,1-15H2,(H,20,23)(H,24,25). The van der Waals surface area contributed by atoms with Crippen molar-refractivity contribution in [3.05, 3.63) is 0 Å². The summed E-state index contributed by atoms with van der Waals surface area (Å²) in [5.74, 6) is -0.856. The number of piperidine rings is 1. The predicted molar refractivity (Wildman–Crippen MR) is 98.1 cm³/mol. The molecule has 1 unspecified atom stereocenters. The van der Waals surface area contributed by atoms with E-state index >= 15 is 0 Å². The van der Waals surface area contributed by atoms with Gasteiger partial charge in [-0.25, -0.2) is 0 Å². The molecule has 0 aromatic rings. The van der Waals surface area contributed by atoms with E-state index in [2.05, 4.69) is 10.2 Å². The fraction of sp³-hybridized carbons (Fsp3) is 0.895. The normalized spacial score (nSPS) is 27.8. The van der Waals surface area contributed by atoms with Crippen LogP contribution in [0.5, 0.6) is 0 Å². The highest BCUT2D eigenvalue weighted by Crippen LogP contribution is 2.33. The van der Waals surface area contributed by atoms with Gasteiger partial charge in [-0.15, -0.1) is 0 Å². The number of ether oxygens (including phenoxy) is 1. The lowest BCUT2D eigenvalue weighted by molar-refractivity contribution is -0.145. The van der Waals surface area contributed by atoms with Gasteiger partial charge in [0.15, 0.2) is 0 Å². The van der Waals surface area contributed by atoms with Crippen LogP contribution in [-0.4, -0.2) is 84.3 Å². The first kappa shape index (κ1) is 19.6. The summed E-state index contributed by atoms with van der Waals surface area (Å²) in [5, 5.41) is 12.5. The number of hydrogen-bond donors (Lipinski definition) is 2. The van der Waals surface area contributed by atoms with Crippen LogP contribution in [0.3, 0.4) is 0 Å². The summed E-state index contributed by atoms with van der Waals surface area (Å²) in [6.45, 7) is 4.95. The van der Waals surface area contributed by atoms with E-state index in [9.17, 15) is 14.7 Å². The van der Waals surface area contributed by atoms with Gasteiger partial charge >= 0.3 is 5.97 Å². The molecule has 2 heterocycles. The molecule has 7 nitrogen and oxygen atoms in total. The van der Waals surface area contributed by atoms with Gasteiger partial charge in [0.1, 0.15) is 6.04 Å². The zero-order chi connectivity index (χ0) is 18.4. The fourth-order valence-electron chi connectivity index (χ4n) is 4.82. The lowest BCUT2D eigenvalue weighted by Gasteiger charge is -2.48. The van der Waals surface area contributed by atoms with Gasteiger partial charge < -0.3 is 15.2 Å². The van der Waals surface area contributed by atoms with E-state index in [1.807, 2.05) is 4.90 Å². The number of hydrogen-bond acceptors (Lipinski definition) is 5. The maximum absolute atomic E-state index is 12.6. The largest absolute Gasteiger partial charge is 0.480 e. The third kappa shape index (κ3) is 4.75. The Kier molecular flexibility index (Phi) is 6.89. The molecule has 0 radical (unpaired) electrons. The molecule has 1 saturated carbocycles. The molecule has 7 heteroatoms. The second kappa shape index (κ2) is 9.15. The molecule has 2 N–H and O–H groups in total. The molecule has 3 rings (SSSR count). The molecule has 1 atom stereocenters. The van der Waals surface area contributed by atoms with Gasteiger partial charge in [0.2, 0.25) is 5.91 Å². The average molecular weight is 367 g/mol. The van der Waals surface area contributed by atoms with E-state index in [4.69, 9.17) is 4.74 Å². The minimum atomic E-state index is -0.811. The Hall–Kier alpha value is -1.18. The van der Waals surface area contributed by atoms with Crippen molar-refractivity contribution in [3.8, 4) is 0 Å². The number of carbonyl (C=O) groups is 2. The molecular formula is C19H33N3O4. The number of carboxylic acids is 1. The molecule has 0 bridgehead atoms. The third-order valence-corrected chi connectivity index (χ3v) is 6.33. The van der Waals surface area contributed by atoms with E-state index in [1.54, 1.807) is 0 Å². The summed E-state index contributed by atoms with van der Waals surface area (Å²) in [5.41, 5.74) is 0.0474. The average Bonchev–Trinajstić information content (AvgIpc) is 2.68. The van der Waals surface area contributed by atoms with Crippen molar-refractivity contribution in [2.45, 2.75) is 62.9 Å². The van der Waals surface area contributed by atoms with Gasteiger partial charge in [-0.1, -0.05) is 25.7 Å². The van der Waals surface area contributed by atoms with Crippen molar-refractivity contribution >= 4 is 11.9 Å². The highest BCUT2D eigenvalue weighted by Gasteiger charge is 2.39. The zero-order valence-corrected chi connectivity index (χ0v) is 15.8. The number of aliphatic carboxylic acids is 1. The fourth-order valence-corrected chi connectivity index (χ4v) is 4.82. The SMILES string of the molecule is O=C(CN1CCCCC1C(=O)O)NCC1(N2CCOCC2)CCCCC1. The highest BCUT2D eigenvalue weighted by atomic mass is 16.5. The van der Waals surface area contributed by atoms with Gasteiger partial charge in [-0.2, -0.15) is 0 Å². The first-order chi connectivity index (χ1) is 12.6. The number of carbonyl (C=O) groups excluding carboxylic acids is 1. The molecule has 0 spiro atoms. The summed E-state index contributed by atoms with van der Waals surface area (Å²) in [4.78, 5) is 28.3. The Morgan fingerprint density at radius 2 is 1.77 bits per heavy atom. The van der Waals surface area contributed by atoms with E-state index in [0.29, 0.717) is 19.5 Å². The lowest BCUT2D eigenvalue weighted by Crippen LogP contribution is -2.60. The molecule has 148 valence electrons. The van der Waals surface area contributed by atoms with Crippen LogP contribution >= 0.6 is 0 Å². The van der Waals surface area contributed by atoms with Crippen LogP contribution in [0, 0.1) is 0 Å². The summed E-state index contributed by atoms with van der Waals surface area (Å²) >= 11 is 0. The van der Waals surface area contributed by atoms with E-state index in [0.717, 1.165) is 52.0 Å². The maximum atomic E-state index is 12.6. The Morgan fingerprint density at radius 1 is 1.04 bits per heavy atom. The van der Waals surface area contributed by atoms with Gasteiger partial charge in [0.05, 0.1) is 19.8 Å². The van der Waals surface area contributed by atoms with Crippen LogP contribution < -0.4 is 5.32 Å². The maximum Gasteiger partial charge on any atom is 0.320 e. The first-order valence-corrected chi connectivity index (χ1v) is 10.2. The number of morpholine rings is 1. The molecule has 26 heavy (non-hydrogen) atoms. The van der Waals surface area contributed by atoms with E-state index in [1.165, 1.54) is 19.3 Å². The Morgan fingerprint density at radius 3 is 2.46 bits per heavy atom. The number of nitrogens with zero attached hydrogens (tertiary/aromatic N) is 2. The molecule has 0 aromatic carbocycles. The molecule has 2 aliphatic heterocycles. The van der Waals surface area contributed by atoms with Gasteiger partial charge in [0.25, 0.3) is 0 Å². The Bertz CT molecular complexity index is 487. The molecule has 3 aliphatic rings. The van der Waals surface area contributed by atoms with Crippen molar-refractivity contribution in [1.29, 1.82) is 0 Å². The third-order valence-electron chi connectivity index (χ3n) is 6.33. The van der Waals surface area contributed by atoms with Crippen LogP contribution in [0.15, 0.2) is 0 Å². The molecule has 1 amide bonds. The minimum Gasteiger partial charge on any atom is -0.480 e. The van der Waals surface area contributed by atoms with Gasteiger partial charge in [-0.3, -0.25) is 19.4 Å². The van der Waals surface area contributed by atoms with Crippen LogP contribution in [0.2, 0.25) is 0 Å². The first-order valence-electron chi connectivity index (χ1n) is 10.2. The van der Waals surface area contributed by atoms with Crippen molar-refractivity contribution in [2.75, 3.05) is 45.9 Å². The number of nitrogens with one attached hydrogen (secondary N) is 1. The summed E-state index contributed by atoms with van der Waals surface area (Å²) < 4.78 is 5.50. The Labute approximate surface area is 156 Å². The highest BCUT2D eigenvalue weighted by molar-refractivity contribution is 5.80. The number of rotatable bonds is 6. The number of carboxylic acid groups (broad SMARTS) is 1. The van der Waals surface area contributed by atoms with Crippen molar-refractivity contribution in [3.63, 3.8) is 0 Å². The van der Waals surface area contributed by atoms with E-state index < -0.39 is 12.0 Å². The van der Waals surface area contributed by atoms with Gasteiger partial charge in [-0.05, 0) is 32.2 Å². The van der Waals surface area contributed by atoms with E-state index in [-0.39, 0.29) is 18.0 Å². The summed E-state index contributed by atoms with van der Waals surface area (Å²) in [7, 11) is 0. The van der Waals surface area contributed by atoms with Crippen LogP contribution in [0.4, 0.5) is 0 Å². The van der Waals surface area contributed by atoms with Crippen LogP contribution in [-0.2, 0) is 14.3 Å². The topological polar surface area (TPSA) is 82.1 Å². The van der Waals surface area contributed by atoms with Crippen molar-refractivity contribution in [2.24, 2.45) is 0 Å². The summed E-state index contributed by atoms with van der Waals surface area (Å²) in [6.07, 6.45) is 8.46. The molecule has 1 aliphatic carbocycles. The van der Waals surface area contributed by atoms with Crippen molar-refractivity contribution in [1.82, 2.24) is 15.1 Å². The number of likely N-dealkylation sites (tertiary alicyclic amines) is 1. The molecule has 2 saturated heterocycles. The second-order valence-electron chi connectivity index (χ2n) is 7.98. The smallest absolute Gasteiger partial charge is 0.320 e. The second-order valence-corrected chi connectivity index (χ2v) is 7.98. The zero-order valence-electron chi connectivity index (χ0n) is 15.8. The number of amides is 1. The predicted octanol–water partition coefficient (Wildman–Crippen LogP) is 1.08. The lowest BCUT2D eigenvalue weighted by atomic mass is 9.79. The molecular weight excluding hydrogens is 334 g/mol. The molecule has 0 aromatic heterocycles. The monoisotopic (exact) mass is 367 g/mol. The summed E-state index contributed by atoms with van der Waals surface area (Å²) in [6, 6.07) is -0.516. The molecule has 3 fully saturated rings. The minimum absolute atomic E-state index is 0.0450. The Balaban J connectivity index is 1.56. The van der Waals surface area contributed by atoms with Crippen molar-refractivity contribution < 1.29 is 19.4 Å². The van der Waals surface area contributed by atoms with Gasteiger partial charge in [0, 0.05) is 25.2 Å². The van der Waals surface area contributed by atoms with Crippen LogP contribution in [0.1, 0.15) is 51.4 Å². The quantitative estimate of drug-likeness (QED) is 0.731. The van der Waals surface area contributed by atoms with Crippen LogP contribution in [0.25, 0.3) is 0 Å².